The number of non-ortho nitro benzene ring substituents is 2. The maximum absolute atomic E-state index is 12.4. The number of benzene rings is 2. The predicted octanol–water partition coefficient (Wildman–Crippen LogP) is 6.11. The minimum absolute atomic E-state index is 0.0808. The molecule has 2 aromatic carbocycles. The molecular formula is C21H24N2O7. The third-order valence-electron chi connectivity index (χ3n) is 5.08. The fraction of sp³-hybridized carbons (Fsp3) is 0.381. The van der Waals surface area contributed by atoms with Crippen LogP contribution in [0.15, 0.2) is 36.4 Å². The molecule has 0 saturated carbocycles. The van der Waals surface area contributed by atoms with E-state index in [1.807, 2.05) is 27.7 Å². The van der Waals surface area contributed by atoms with E-state index in [0.29, 0.717) is 24.0 Å². The van der Waals surface area contributed by atoms with Gasteiger partial charge in [-0.3, -0.25) is 20.2 Å². The van der Waals surface area contributed by atoms with Crippen LogP contribution in [0.4, 0.5) is 16.2 Å². The molecule has 2 unspecified atom stereocenters. The van der Waals surface area contributed by atoms with Crippen LogP contribution in [0, 0.1) is 20.2 Å². The van der Waals surface area contributed by atoms with E-state index in [9.17, 15) is 25.0 Å². The number of nitro groups is 2. The number of ether oxygens (including phenoxy) is 2. The van der Waals surface area contributed by atoms with Crippen molar-refractivity contribution in [1.82, 2.24) is 0 Å². The molecule has 9 nitrogen and oxygen atoms in total. The van der Waals surface area contributed by atoms with Crippen molar-refractivity contribution >= 4 is 17.5 Å². The molecule has 160 valence electrons. The first-order valence-electron chi connectivity index (χ1n) is 9.64. The third kappa shape index (κ3) is 5.31. The van der Waals surface area contributed by atoms with E-state index in [1.54, 1.807) is 0 Å². The number of rotatable bonds is 8. The molecule has 2 aromatic rings. The Labute approximate surface area is 173 Å². The SMILES string of the molecule is CCC(C)c1cc([N+](=O)[O-])ccc1OC(=O)Oc1ccc([N+](=O)[O-])cc1C(C)CC. The summed E-state index contributed by atoms with van der Waals surface area (Å²) >= 11 is 0. The van der Waals surface area contributed by atoms with E-state index in [2.05, 4.69) is 0 Å². The van der Waals surface area contributed by atoms with Gasteiger partial charge in [0.05, 0.1) is 9.85 Å². The zero-order valence-corrected chi connectivity index (χ0v) is 17.3. The van der Waals surface area contributed by atoms with Gasteiger partial charge in [-0.05, 0) is 36.8 Å². The van der Waals surface area contributed by atoms with E-state index < -0.39 is 16.0 Å². The first-order chi connectivity index (χ1) is 14.2. The number of nitrogens with zero attached hydrogens (tertiary/aromatic N) is 2. The summed E-state index contributed by atoms with van der Waals surface area (Å²) < 4.78 is 10.7. The van der Waals surface area contributed by atoms with Gasteiger partial charge in [0.2, 0.25) is 0 Å². The molecule has 0 N–H and O–H groups in total. The molecule has 0 bridgehead atoms. The molecule has 0 aliphatic heterocycles. The van der Waals surface area contributed by atoms with E-state index in [4.69, 9.17) is 9.47 Å². The van der Waals surface area contributed by atoms with Crippen molar-refractivity contribution in [1.29, 1.82) is 0 Å². The molecule has 9 heteroatoms. The smallest absolute Gasteiger partial charge is 0.394 e. The van der Waals surface area contributed by atoms with Crippen molar-refractivity contribution in [3.63, 3.8) is 0 Å². The topological polar surface area (TPSA) is 122 Å². The lowest BCUT2D eigenvalue weighted by molar-refractivity contribution is -0.385. The van der Waals surface area contributed by atoms with Crippen molar-refractivity contribution in [2.24, 2.45) is 0 Å². The Hall–Kier alpha value is -3.49. The van der Waals surface area contributed by atoms with Gasteiger partial charge in [-0.25, -0.2) is 4.79 Å². The van der Waals surface area contributed by atoms with Crippen LogP contribution >= 0.6 is 0 Å². The monoisotopic (exact) mass is 416 g/mol. The molecule has 0 aromatic heterocycles. The van der Waals surface area contributed by atoms with Gasteiger partial charge >= 0.3 is 6.16 Å². The second-order valence-electron chi connectivity index (χ2n) is 7.03. The zero-order valence-electron chi connectivity index (χ0n) is 17.3. The first-order valence-corrected chi connectivity index (χ1v) is 9.64. The van der Waals surface area contributed by atoms with E-state index >= 15 is 0 Å². The number of hydrogen-bond donors (Lipinski definition) is 0. The van der Waals surface area contributed by atoms with E-state index in [-0.39, 0.29) is 34.7 Å². The number of nitro benzene ring substituents is 2. The lowest BCUT2D eigenvalue weighted by atomic mass is 9.97. The molecule has 0 radical (unpaired) electrons. The Morgan fingerprint density at radius 1 is 0.833 bits per heavy atom. The predicted molar refractivity (Wildman–Crippen MR) is 110 cm³/mol. The van der Waals surface area contributed by atoms with Crippen LogP contribution in [0.1, 0.15) is 63.5 Å². The van der Waals surface area contributed by atoms with Crippen LogP contribution in [0.2, 0.25) is 0 Å². The second-order valence-corrected chi connectivity index (χ2v) is 7.03. The van der Waals surface area contributed by atoms with Gasteiger partial charge in [-0.1, -0.05) is 27.7 Å². The quantitative estimate of drug-likeness (QED) is 0.220. The average molecular weight is 416 g/mol. The minimum atomic E-state index is -1.02. The molecule has 0 aliphatic rings. The summed E-state index contributed by atoms with van der Waals surface area (Å²) in [5, 5.41) is 22.1. The summed E-state index contributed by atoms with van der Waals surface area (Å²) in [5.41, 5.74) is 0.852. The normalized spacial score (nSPS) is 12.7. The van der Waals surface area contributed by atoms with Crippen LogP contribution in [0.25, 0.3) is 0 Å². The van der Waals surface area contributed by atoms with Crippen molar-refractivity contribution in [2.45, 2.75) is 52.4 Å². The van der Waals surface area contributed by atoms with Crippen LogP contribution in [-0.2, 0) is 0 Å². The van der Waals surface area contributed by atoms with Gasteiger partial charge < -0.3 is 9.47 Å². The van der Waals surface area contributed by atoms with Gasteiger partial charge in [0, 0.05) is 35.4 Å². The summed E-state index contributed by atoms with van der Waals surface area (Å²) in [6.07, 6.45) is 0.354. The average Bonchev–Trinajstić information content (AvgIpc) is 2.72. The fourth-order valence-corrected chi connectivity index (χ4v) is 2.90. The number of carbonyl (C=O) groups excluding carboxylic acids is 1. The zero-order chi connectivity index (χ0) is 22.4. The van der Waals surface area contributed by atoms with Gasteiger partial charge in [0.15, 0.2) is 0 Å². The molecule has 0 saturated heterocycles. The molecule has 0 fully saturated rings. The van der Waals surface area contributed by atoms with Crippen LogP contribution in [0.5, 0.6) is 11.5 Å². The molecule has 0 aliphatic carbocycles. The van der Waals surface area contributed by atoms with Crippen molar-refractivity contribution in [3.8, 4) is 11.5 Å². The van der Waals surface area contributed by atoms with Crippen LogP contribution < -0.4 is 9.47 Å². The molecule has 0 spiro atoms. The summed E-state index contributed by atoms with van der Waals surface area (Å²) in [6.45, 7) is 7.57. The van der Waals surface area contributed by atoms with Crippen LogP contribution in [-0.4, -0.2) is 16.0 Å². The fourth-order valence-electron chi connectivity index (χ4n) is 2.90. The highest BCUT2D eigenvalue weighted by atomic mass is 16.7. The lowest BCUT2D eigenvalue weighted by Gasteiger charge is -2.16. The van der Waals surface area contributed by atoms with E-state index in [0.717, 1.165) is 0 Å². The lowest BCUT2D eigenvalue weighted by Crippen LogP contribution is -2.16. The van der Waals surface area contributed by atoms with Gasteiger partial charge in [0.25, 0.3) is 11.4 Å². The highest BCUT2D eigenvalue weighted by molar-refractivity contribution is 5.69. The standard InChI is InChI=1S/C21H24N2O7/c1-5-13(3)17-11-15(22(25)26)7-9-19(17)29-21(24)30-20-10-8-16(23(27)28)12-18(20)14(4)6-2/h7-14H,5-6H2,1-4H3. The highest BCUT2D eigenvalue weighted by Gasteiger charge is 2.22. The van der Waals surface area contributed by atoms with Crippen molar-refractivity contribution < 1.29 is 24.1 Å². The van der Waals surface area contributed by atoms with Crippen molar-refractivity contribution in [3.05, 3.63) is 67.8 Å². The van der Waals surface area contributed by atoms with Gasteiger partial charge in [-0.15, -0.1) is 0 Å². The molecule has 0 amide bonds. The first kappa shape index (κ1) is 22.8. The van der Waals surface area contributed by atoms with E-state index in [1.165, 1.54) is 36.4 Å². The molecule has 2 atom stereocenters. The highest BCUT2D eigenvalue weighted by Crippen LogP contribution is 2.34. The van der Waals surface area contributed by atoms with Gasteiger partial charge in [0.1, 0.15) is 11.5 Å². The Balaban J connectivity index is 2.31. The molecule has 30 heavy (non-hydrogen) atoms. The molecular weight excluding hydrogens is 392 g/mol. The van der Waals surface area contributed by atoms with Crippen molar-refractivity contribution in [2.75, 3.05) is 0 Å². The Bertz CT molecular complexity index is 883. The van der Waals surface area contributed by atoms with Crippen LogP contribution in [0.3, 0.4) is 0 Å². The Morgan fingerprint density at radius 3 is 1.50 bits per heavy atom. The number of hydrogen-bond acceptors (Lipinski definition) is 7. The third-order valence-corrected chi connectivity index (χ3v) is 5.08. The summed E-state index contributed by atoms with van der Waals surface area (Å²) in [7, 11) is 0. The number of carbonyl (C=O) groups is 1. The second kappa shape index (κ2) is 9.82. The Kier molecular flexibility index (Phi) is 7.46. The summed E-state index contributed by atoms with van der Waals surface area (Å²) in [5.74, 6) is 0.185. The maximum atomic E-state index is 12.4. The largest absolute Gasteiger partial charge is 0.519 e. The molecule has 2 rings (SSSR count). The van der Waals surface area contributed by atoms with Gasteiger partial charge in [-0.2, -0.15) is 0 Å². The minimum Gasteiger partial charge on any atom is -0.394 e. The Morgan fingerprint density at radius 2 is 1.20 bits per heavy atom. The molecule has 0 heterocycles. The summed E-state index contributed by atoms with van der Waals surface area (Å²) in [4.78, 5) is 33.6. The maximum Gasteiger partial charge on any atom is 0.519 e. The summed E-state index contributed by atoms with van der Waals surface area (Å²) in [6, 6.07) is 8.01.